The van der Waals surface area contributed by atoms with Gasteiger partial charge in [-0.3, -0.25) is 18.6 Å². The highest BCUT2D eigenvalue weighted by Crippen LogP contribution is 2.43. The lowest BCUT2D eigenvalue weighted by Crippen LogP contribution is -2.29. The van der Waals surface area contributed by atoms with Gasteiger partial charge >= 0.3 is 19.8 Å². The first-order valence-corrected chi connectivity index (χ1v) is 22.8. The molecule has 1 N–H and O–H groups in total. The number of rotatable bonds is 40. The molecule has 0 saturated heterocycles. The SMILES string of the molecule is CCCCCCCCCCCCCCCCCCC(=O)OC(COC(=O)CCCCCCCCCCCCCCCC)COP(=O)(O)OCC. The van der Waals surface area contributed by atoms with Crippen molar-refractivity contribution in [2.75, 3.05) is 19.8 Å². The van der Waals surface area contributed by atoms with E-state index in [0.29, 0.717) is 6.42 Å². The molecule has 0 aliphatic heterocycles. The van der Waals surface area contributed by atoms with Gasteiger partial charge in [-0.1, -0.05) is 194 Å². The van der Waals surface area contributed by atoms with Crippen molar-refractivity contribution in [2.24, 2.45) is 0 Å². The molecule has 0 saturated carbocycles. The molecule has 2 atom stereocenters. The predicted octanol–water partition coefficient (Wildman–Crippen LogP) is 13.1. The molecule has 0 radical (unpaired) electrons. The summed E-state index contributed by atoms with van der Waals surface area (Å²) in [5.41, 5.74) is 0. The maximum atomic E-state index is 12.5. The average Bonchev–Trinajstić information content (AvgIpc) is 3.09. The van der Waals surface area contributed by atoms with Crippen LogP contribution in [-0.2, 0) is 32.7 Å². The molecular formula is C41H81O8P. The lowest BCUT2D eigenvalue weighted by molar-refractivity contribution is -0.161. The van der Waals surface area contributed by atoms with E-state index in [4.69, 9.17) is 18.5 Å². The molecule has 0 aromatic rings. The summed E-state index contributed by atoms with van der Waals surface area (Å²) in [5.74, 6) is -0.782. The Morgan fingerprint density at radius 3 is 1.12 bits per heavy atom. The summed E-state index contributed by atoms with van der Waals surface area (Å²) in [7, 11) is -4.27. The van der Waals surface area contributed by atoms with Gasteiger partial charge in [0, 0.05) is 12.8 Å². The zero-order chi connectivity index (χ0) is 36.8. The largest absolute Gasteiger partial charge is 0.472 e. The monoisotopic (exact) mass is 733 g/mol. The molecule has 0 heterocycles. The molecule has 0 aliphatic rings. The Morgan fingerprint density at radius 1 is 0.460 bits per heavy atom. The van der Waals surface area contributed by atoms with Crippen LogP contribution < -0.4 is 0 Å². The number of esters is 2. The van der Waals surface area contributed by atoms with E-state index in [2.05, 4.69) is 13.8 Å². The fourth-order valence-electron chi connectivity index (χ4n) is 6.28. The molecule has 0 fully saturated rings. The number of hydrogen-bond donors (Lipinski definition) is 1. The van der Waals surface area contributed by atoms with Crippen LogP contribution in [-0.4, -0.2) is 42.8 Å². The number of phosphoric ester groups is 1. The van der Waals surface area contributed by atoms with Crippen LogP contribution in [0.25, 0.3) is 0 Å². The molecule has 0 rings (SSSR count). The molecule has 0 aromatic carbocycles. The summed E-state index contributed by atoms with van der Waals surface area (Å²) in [4.78, 5) is 34.7. The molecule has 2 unspecified atom stereocenters. The Morgan fingerprint density at radius 2 is 0.780 bits per heavy atom. The number of carbonyl (C=O) groups is 2. The molecule has 50 heavy (non-hydrogen) atoms. The smallest absolute Gasteiger partial charge is 0.462 e. The lowest BCUT2D eigenvalue weighted by Gasteiger charge is -2.19. The molecule has 0 aliphatic carbocycles. The summed E-state index contributed by atoms with van der Waals surface area (Å²) in [6, 6.07) is 0. The second-order valence-corrected chi connectivity index (χ2v) is 15.8. The van der Waals surface area contributed by atoms with Crippen molar-refractivity contribution in [3.63, 3.8) is 0 Å². The van der Waals surface area contributed by atoms with Crippen LogP contribution in [0.4, 0.5) is 0 Å². The second kappa shape index (κ2) is 37.8. The number of carbonyl (C=O) groups excluding carboxylic acids is 2. The summed E-state index contributed by atoms with van der Waals surface area (Å²) in [6.45, 7) is 5.51. The van der Waals surface area contributed by atoms with Gasteiger partial charge in [-0.2, -0.15) is 0 Å². The summed E-state index contributed by atoms with van der Waals surface area (Å²) >= 11 is 0. The third-order valence-corrected chi connectivity index (χ3v) is 10.5. The minimum Gasteiger partial charge on any atom is -0.462 e. The standard InChI is InChI=1S/C41H81O8P/c1-4-7-9-11-13-15-17-19-21-22-24-26-28-30-32-34-36-41(43)49-39(38-48-50(44,45)47-6-3)37-46-40(42)35-33-31-29-27-25-23-20-18-16-14-12-10-8-5-2/h39H,4-38H2,1-3H3,(H,44,45). The summed E-state index contributed by atoms with van der Waals surface area (Å²) in [5, 5.41) is 0. The topological polar surface area (TPSA) is 108 Å². The number of ether oxygens (including phenoxy) is 2. The van der Waals surface area contributed by atoms with E-state index >= 15 is 0 Å². The van der Waals surface area contributed by atoms with Crippen LogP contribution in [0.1, 0.15) is 226 Å². The van der Waals surface area contributed by atoms with E-state index in [-0.39, 0.29) is 32.2 Å². The van der Waals surface area contributed by atoms with Crippen LogP contribution in [0.2, 0.25) is 0 Å². The van der Waals surface area contributed by atoms with E-state index in [9.17, 15) is 19.0 Å². The molecule has 298 valence electrons. The minimum atomic E-state index is -4.27. The Kier molecular flexibility index (Phi) is 37.1. The van der Waals surface area contributed by atoms with E-state index in [1.165, 1.54) is 154 Å². The van der Waals surface area contributed by atoms with Crippen molar-refractivity contribution >= 4 is 19.8 Å². The van der Waals surface area contributed by atoms with Gasteiger partial charge in [0.1, 0.15) is 6.61 Å². The number of hydrogen-bond acceptors (Lipinski definition) is 7. The van der Waals surface area contributed by atoms with Crippen molar-refractivity contribution in [1.82, 2.24) is 0 Å². The average molecular weight is 733 g/mol. The van der Waals surface area contributed by atoms with Crippen LogP contribution in [0.15, 0.2) is 0 Å². The fourth-order valence-corrected chi connectivity index (χ4v) is 7.03. The first-order chi connectivity index (χ1) is 24.3. The van der Waals surface area contributed by atoms with E-state index in [1.807, 2.05) is 0 Å². The van der Waals surface area contributed by atoms with Crippen LogP contribution >= 0.6 is 7.82 Å². The number of unbranched alkanes of at least 4 members (excludes halogenated alkanes) is 28. The van der Waals surface area contributed by atoms with Gasteiger partial charge in [-0.15, -0.1) is 0 Å². The maximum Gasteiger partial charge on any atom is 0.472 e. The first kappa shape index (κ1) is 49.0. The zero-order valence-corrected chi connectivity index (χ0v) is 34.0. The highest BCUT2D eigenvalue weighted by molar-refractivity contribution is 7.47. The Labute approximate surface area is 308 Å². The molecule has 0 aromatic heterocycles. The summed E-state index contributed by atoms with van der Waals surface area (Å²) < 4.78 is 32.6. The molecule has 0 amide bonds. The normalized spacial score (nSPS) is 13.3. The van der Waals surface area contributed by atoms with Gasteiger partial charge in [0.25, 0.3) is 0 Å². The highest BCUT2D eigenvalue weighted by Gasteiger charge is 2.25. The lowest BCUT2D eigenvalue weighted by atomic mass is 10.0. The highest BCUT2D eigenvalue weighted by atomic mass is 31.2. The number of phosphoric acid groups is 1. The van der Waals surface area contributed by atoms with Gasteiger partial charge in [-0.05, 0) is 19.8 Å². The third-order valence-electron chi connectivity index (χ3n) is 9.41. The molecule has 9 heteroatoms. The van der Waals surface area contributed by atoms with Crippen molar-refractivity contribution in [3.8, 4) is 0 Å². The van der Waals surface area contributed by atoms with E-state index in [1.54, 1.807) is 6.92 Å². The predicted molar refractivity (Wildman–Crippen MR) is 207 cm³/mol. The van der Waals surface area contributed by atoms with Crippen molar-refractivity contribution < 1.29 is 37.6 Å². The molecule has 0 spiro atoms. The zero-order valence-electron chi connectivity index (χ0n) is 33.1. The Balaban J connectivity index is 4.04. The van der Waals surface area contributed by atoms with Crippen molar-refractivity contribution in [1.29, 1.82) is 0 Å². The summed E-state index contributed by atoms with van der Waals surface area (Å²) in [6.07, 6.45) is 37.2. The molecule has 8 nitrogen and oxygen atoms in total. The van der Waals surface area contributed by atoms with Crippen molar-refractivity contribution in [2.45, 2.75) is 232 Å². The first-order valence-electron chi connectivity index (χ1n) is 21.3. The van der Waals surface area contributed by atoms with Crippen LogP contribution in [0.3, 0.4) is 0 Å². The third kappa shape index (κ3) is 36.8. The molecule has 0 bridgehead atoms. The second-order valence-electron chi connectivity index (χ2n) is 14.4. The van der Waals surface area contributed by atoms with E-state index < -0.39 is 19.9 Å². The molecular weight excluding hydrogens is 651 g/mol. The fraction of sp³-hybridized carbons (Fsp3) is 0.951. The van der Waals surface area contributed by atoms with Gasteiger partial charge in [0.2, 0.25) is 0 Å². The quantitative estimate of drug-likeness (QED) is 0.0377. The van der Waals surface area contributed by atoms with Crippen molar-refractivity contribution in [3.05, 3.63) is 0 Å². The van der Waals surface area contributed by atoms with Crippen LogP contribution in [0, 0.1) is 0 Å². The maximum absolute atomic E-state index is 12.5. The van der Waals surface area contributed by atoms with E-state index in [0.717, 1.165) is 38.5 Å². The Bertz CT molecular complexity index is 793. The van der Waals surface area contributed by atoms with Gasteiger partial charge < -0.3 is 14.4 Å². The van der Waals surface area contributed by atoms with Gasteiger partial charge in [-0.25, -0.2) is 4.57 Å². The van der Waals surface area contributed by atoms with Gasteiger partial charge in [0.05, 0.1) is 13.2 Å². The van der Waals surface area contributed by atoms with Gasteiger partial charge in [0.15, 0.2) is 6.10 Å². The van der Waals surface area contributed by atoms with Crippen LogP contribution in [0.5, 0.6) is 0 Å². The Hall–Kier alpha value is -0.950. The minimum absolute atomic E-state index is 0.00562.